The first kappa shape index (κ1) is 15.9. The molecule has 0 atom stereocenters. The second kappa shape index (κ2) is 7.52. The minimum atomic E-state index is -0.0870. The van der Waals surface area contributed by atoms with Crippen molar-refractivity contribution in [3.63, 3.8) is 0 Å². The number of thiazole rings is 1. The number of amides is 1. The van der Waals surface area contributed by atoms with Crippen LogP contribution >= 0.6 is 11.3 Å². The molecule has 120 valence electrons. The SMILES string of the molecule is CC(=O)Nc1ccc(/C=N\Nc2nc(-c3ccccc3)cs2)cc1. The number of rotatable bonds is 5. The number of nitrogens with one attached hydrogen (secondary N) is 2. The molecule has 0 saturated carbocycles. The molecule has 0 fully saturated rings. The topological polar surface area (TPSA) is 66.4 Å². The van der Waals surface area contributed by atoms with Gasteiger partial charge in [0.15, 0.2) is 0 Å². The minimum Gasteiger partial charge on any atom is -0.326 e. The smallest absolute Gasteiger partial charge is 0.221 e. The molecule has 6 heteroatoms. The zero-order chi connectivity index (χ0) is 16.8. The van der Waals surface area contributed by atoms with E-state index in [2.05, 4.69) is 20.8 Å². The van der Waals surface area contributed by atoms with Gasteiger partial charge in [-0.15, -0.1) is 11.3 Å². The van der Waals surface area contributed by atoms with Crippen LogP contribution in [-0.4, -0.2) is 17.1 Å². The standard InChI is InChI=1S/C18H16N4OS/c1-13(23)20-16-9-7-14(8-10-16)11-19-22-18-21-17(12-24-18)15-5-3-2-4-6-15/h2-12H,1H3,(H,20,23)(H,21,22)/b19-11-. The molecule has 0 unspecified atom stereocenters. The highest BCUT2D eigenvalue weighted by Gasteiger charge is 2.02. The van der Waals surface area contributed by atoms with E-state index in [-0.39, 0.29) is 5.91 Å². The fourth-order valence-corrected chi connectivity index (χ4v) is 2.75. The summed E-state index contributed by atoms with van der Waals surface area (Å²) in [7, 11) is 0. The fraction of sp³-hybridized carbons (Fsp3) is 0.0556. The Labute approximate surface area is 144 Å². The summed E-state index contributed by atoms with van der Waals surface area (Å²) in [6.07, 6.45) is 1.71. The Morgan fingerprint density at radius 2 is 1.88 bits per heavy atom. The van der Waals surface area contributed by atoms with E-state index in [0.29, 0.717) is 0 Å². The number of carbonyl (C=O) groups excluding carboxylic acids is 1. The van der Waals surface area contributed by atoms with Crippen LogP contribution in [0.3, 0.4) is 0 Å². The highest BCUT2D eigenvalue weighted by atomic mass is 32.1. The summed E-state index contributed by atoms with van der Waals surface area (Å²) in [4.78, 5) is 15.5. The molecule has 0 bridgehead atoms. The van der Waals surface area contributed by atoms with Crippen molar-refractivity contribution in [2.45, 2.75) is 6.92 Å². The maximum absolute atomic E-state index is 11.0. The normalized spacial score (nSPS) is 10.7. The molecule has 5 nitrogen and oxygen atoms in total. The van der Waals surface area contributed by atoms with Crippen molar-refractivity contribution in [2.75, 3.05) is 10.7 Å². The maximum Gasteiger partial charge on any atom is 0.221 e. The summed E-state index contributed by atoms with van der Waals surface area (Å²) in [5.74, 6) is -0.0870. The summed E-state index contributed by atoms with van der Waals surface area (Å²) < 4.78 is 0. The highest BCUT2D eigenvalue weighted by molar-refractivity contribution is 7.14. The lowest BCUT2D eigenvalue weighted by Crippen LogP contribution is -2.05. The number of hydrogen-bond acceptors (Lipinski definition) is 5. The first-order valence-corrected chi connectivity index (χ1v) is 8.26. The Bertz CT molecular complexity index is 841. The van der Waals surface area contributed by atoms with E-state index < -0.39 is 0 Å². The van der Waals surface area contributed by atoms with Gasteiger partial charge >= 0.3 is 0 Å². The molecule has 3 aromatic rings. The number of anilines is 2. The summed E-state index contributed by atoms with van der Waals surface area (Å²) in [6.45, 7) is 1.48. The van der Waals surface area contributed by atoms with E-state index in [1.165, 1.54) is 18.3 Å². The Hall–Kier alpha value is -2.99. The van der Waals surface area contributed by atoms with Gasteiger partial charge in [-0.2, -0.15) is 5.10 Å². The van der Waals surface area contributed by atoms with E-state index in [0.717, 1.165) is 27.6 Å². The first-order chi connectivity index (χ1) is 11.7. The molecule has 2 aromatic carbocycles. The van der Waals surface area contributed by atoms with Gasteiger partial charge in [-0.3, -0.25) is 10.2 Å². The Balaban J connectivity index is 1.60. The zero-order valence-electron chi connectivity index (χ0n) is 13.1. The molecule has 1 aromatic heterocycles. The van der Waals surface area contributed by atoms with Gasteiger partial charge in [0, 0.05) is 23.6 Å². The summed E-state index contributed by atoms with van der Waals surface area (Å²) in [5.41, 5.74) is 6.64. The molecule has 0 aliphatic heterocycles. The second-order valence-corrected chi connectivity index (χ2v) is 5.94. The van der Waals surface area contributed by atoms with Crippen molar-refractivity contribution in [3.8, 4) is 11.3 Å². The van der Waals surface area contributed by atoms with Gasteiger partial charge in [-0.1, -0.05) is 42.5 Å². The van der Waals surface area contributed by atoms with Gasteiger partial charge in [-0.05, 0) is 17.7 Å². The third-order valence-corrected chi connectivity index (χ3v) is 3.93. The predicted octanol–water partition coefficient (Wildman–Crippen LogP) is 4.21. The van der Waals surface area contributed by atoms with E-state index in [1.54, 1.807) is 6.21 Å². The fourth-order valence-electron chi connectivity index (χ4n) is 2.08. The van der Waals surface area contributed by atoms with Crippen LogP contribution in [0.4, 0.5) is 10.8 Å². The van der Waals surface area contributed by atoms with E-state index in [4.69, 9.17) is 0 Å². The van der Waals surface area contributed by atoms with Crippen LogP contribution in [0.1, 0.15) is 12.5 Å². The average Bonchev–Trinajstić information content (AvgIpc) is 3.06. The van der Waals surface area contributed by atoms with Crippen molar-refractivity contribution >= 4 is 34.3 Å². The average molecular weight is 336 g/mol. The van der Waals surface area contributed by atoms with Crippen molar-refractivity contribution in [3.05, 3.63) is 65.5 Å². The molecule has 1 amide bonds. The zero-order valence-corrected chi connectivity index (χ0v) is 13.9. The van der Waals surface area contributed by atoms with E-state index in [1.807, 2.05) is 60.0 Å². The second-order valence-electron chi connectivity index (χ2n) is 5.08. The molecule has 2 N–H and O–H groups in total. The van der Waals surface area contributed by atoms with Crippen LogP contribution in [0.25, 0.3) is 11.3 Å². The number of carbonyl (C=O) groups is 1. The van der Waals surface area contributed by atoms with Crippen molar-refractivity contribution in [1.82, 2.24) is 4.98 Å². The molecule has 24 heavy (non-hydrogen) atoms. The van der Waals surface area contributed by atoms with Crippen molar-refractivity contribution in [2.24, 2.45) is 5.10 Å². The molecule has 0 aliphatic rings. The third kappa shape index (κ3) is 4.27. The van der Waals surface area contributed by atoms with Crippen LogP contribution in [0.2, 0.25) is 0 Å². The van der Waals surface area contributed by atoms with Gasteiger partial charge in [-0.25, -0.2) is 4.98 Å². The number of hydrogen-bond donors (Lipinski definition) is 2. The molecule has 0 spiro atoms. The Morgan fingerprint density at radius 1 is 1.12 bits per heavy atom. The third-order valence-electron chi connectivity index (χ3n) is 3.18. The van der Waals surface area contributed by atoms with Crippen molar-refractivity contribution < 1.29 is 4.79 Å². The minimum absolute atomic E-state index is 0.0870. The number of aromatic nitrogens is 1. The van der Waals surface area contributed by atoms with E-state index in [9.17, 15) is 4.79 Å². The number of hydrazone groups is 1. The highest BCUT2D eigenvalue weighted by Crippen LogP contribution is 2.24. The van der Waals surface area contributed by atoms with Crippen LogP contribution in [0.5, 0.6) is 0 Å². The largest absolute Gasteiger partial charge is 0.326 e. The molecular formula is C18H16N4OS. The Morgan fingerprint density at radius 3 is 2.58 bits per heavy atom. The van der Waals surface area contributed by atoms with Gasteiger partial charge in [0.25, 0.3) is 0 Å². The van der Waals surface area contributed by atoms with Crippen LogP contribution < -0.4 is 10.7 Å². The number of nitrogens with zero attached hydrogens (tertiary/aromatic N) is 2. The molecule has 0 saturated heterocycles. The molecule has 1 heterocycles. The molecule has 0 aliphatic carbocycles. The molecule has 3 rings (SSSR count). The first-order valence-electron chi connectivity index (χ1n) is 7.38. The van der Waals surface area contributed by atoms with Crippen LogP contribution in [0, 0.1) is 0 Å². The van der Waals surface area contributed by atoms with Gasteiger partial charge in [0.05, 0.1) is 11.9 Å². The predicted molar refractivity (Wildman–Crippen MR) is 99.5 cm³/mol. The lowest BCUT2D eigenvalue weighted by molar-refractivity contribution is -0.114. The maximum atomic E-state index is 11.0. The molecular weight excluding hydrogens is 320 g/mol. The lowest BCUT2D eigenvalue weighted by Gasteiger charge is -2.01. The summed E-state index contributed by atoms with van der Waals surface area (Å²) in [5, 5.41) is 9.65. The van der Waals surface area contributed by atoms with Gasteiger partial charge < -0.3 is 5.32 Å². The van der Waals surface area contributed by atoms with Crippen LogP contribution in [0.15, 0.2) is 65.1 Å². The van der Waals surface area contributed by atoms with Crippen LogP contribution in [-0.2, 0) is 4.79 Å². The van der Waals surface area contributed by atoms with Crippen molar-refractivity contribution in [1.29, 1.82) is 0 Å². The monoisotopic (exact) mass is 336 g/mol. The lowest BCUT2D eigenvalue weighted by atomic mass is 10.2. The van der Waals surface area contributed by atoms with E-state index >= 15 is 0 Å². The summed E-state index contributed by atoms with van der Waals surface area (Å²) >= 11 is 1.51. The Kier molecular flexibility index (Phi) is 4.98. The number of benzene rings is 2. The molecule has 0 radical (unpaired) electrons. The van der Waals surface area contributed by atoms with Gasteiger partial charge in [0.2, 0.25) is 11.0 Å². The quantitative estimate of drug-likeness (QED) is 0.542. The van der Waals surface area contributed by atoms with Gasteiger partial charge in [0.1, 0.15) is 0 Å². The summed E-state index contributed by atoms with van der Waals surface area (Å²) in [6, 6.07) is 17.4.